The average molecular weight is 261 g/mol. The lowest BCUT2D eigenvalue weighted by Gasteiger charge is -2.22. The van der Waals surface area contributed by atoms with E-state index in [0.717, 1.165) is 36.3 Å². The van der Waals surface area contributed by atoms with Crippen LogP contribution in [0.25, 0.3) is 0 Å². The molecular formula is C14H23N5. The smallest absolute Gasteiger partial charge is 0.227 e. The fourth-order valence-electron chi connectivity index (χ4n) is 3.36. The summed E-state index contributed by atoms with van der Waals surface area (Å²) in [6, 6.07) is 0.688. The molecule has 0 amide bonds. The van der Waals surface area contributed by atoms with Crippen molar-refractivity contribution in [1.29, 1.82) is 0 Å². The van der Waals surface area contributed by atoms with Crippen LogP contribution in [0.1, 0.15) is 12.0 Å². The summed E-state index contributed by atoms with van der Waals surface area (Å²) in [4.78, 5) is 16.1. The number of aryl methyl sites for hydroxylation is 1. The molecule has 2 aliphatic rings. The van der Waals surface area contributed by atoms with E-state index in [1.54, 1.807) is 0 Å². The van der Waals surface area contributed by atoms with Crippen LogP contribution in [0.15, 0.2) is 6.20 Å². The van der Waals surface area contributed by atoms with Crippen LogP contribution in [0.2, 0.25) is 0 Å². The lowest BCUT2D eigenvalue weighted by molar-refractivity contribution is 0.310. The molecule has 0 spiro atoms. The normalized spacial score (nSPS) is 26.8. The predicted molar refractivity (Wildman–Crippen MR) is 77.8 cm³/mol. The molecule has 5 heteroatoms. The molecule has 104 valence electrons. The summed E-state index contributed by atoms with van der Waals surface area (Å²) in [6.07, 6.45) is 3.25. The Hall–Kier alpha value is -1.36. The lowest BCUT2D eigenvalue weighted by Crippen LogP contribution is -2.32. The first-order valence-electron chi connectivity index (χ1n) is 7.02. The highest BCUT2D eigenvalue weighted by Crippen LogP contribution is 2.32. The van der Waals surface area contributed by atoms with Crippen molar-refractivity contribution in [2.45, 2.75) is 19.4 Å². The van der Waals surface area contributed by atoms with Crippen LogP contribution in [0.3, 0.4) is 0 Å². The molecule has 0 bridgehead atoms. The van der Waals surface area contributed by atoms with E-state index in [4.69, 9.17) is 4.98 Å². The largest absolute Gasteiger partial charge is 0.362 e. The molecule has 3 rings (SSSR count). The lowest BCUT2D eigenvalue weighted by atomic mass is 10.1. The van der Waals surface area contributed by atoms with Crippen LogP contribution < -0.4 is 9.80 Å². The predicted octanol–water partition coefficient (Wildman–Crippen LogP) is 0.991. The third kappa shape index (κ3) is 2.16. The van der Waals surface area contributed by atoms with E-state index in [1.165, 1.54) is 13.0 Å². The van der Waals surface area contributed by atoms with Crippen molar-refractivity contribution in [2.24, 2.45) is 5.92 Å². The minimum Gasteiger partial charge on any atom is -0.362 e. The zero-order chi connectivity index (χ0) is 13.6. The monoisotopic (exact) mass is 261 g/mol. The number of hydrogen-bond acceptors (Lipinski definition) is 5. The Kier molecular flexibility index (Phi) is 3.09. The number of aromatic nitrogens is 2. The van der Waals surface area contributed by atoms with Crippen molar-refractivity contribution < 1.29 is 0 Å². The second-order valence-corrected chi connectivity index (χ2v) is 6.07. The zero-order valence-electron chi connectivity index (χ0n) is 12.3. The summed E-state index contributed by atoms with van der Waals surface area (Å²) in [5.74, 6) is 2.70. The van der Waals surface area contributed by atoms with Crippen molar-refractivity contribution in [3.05, 3.63) is 11.8 Å². The Balaban J connectivity index is 1.82. The van der Waals surface area contributed by atoms with Crippen molar-refractivity contribution >= 4 is 11.8 Å². The highest BCUT2D eigenvalue weighted by atomic mass is 15.3. The van der Waals surface area contributed by atoms with Gasteiger partial charge in [-0.15, -0.1) is 0 Å². The maximum absolute atomic E-state index is 4.73. The maximum Gasteiger partial charge on any atom is 0.227 e. The van der Waals surface area contributed by atoms with E-state index >= 15 is 0 Å². The van der Waals surface area contributed by atoms with Gasteiger partial charge in [-0.2, -0.15) is 4.98 Å². The first kappa shape index (κ1) is 12.7. The van der Waals surface area contributed by atoms with E-state index in [2.05, 4.69) is 33.7 Å². The van der Waals surface area contributed by atoms with E-state index < -0.39 is 0 Å². The summed E-state index contributed by atoms with van der Waals surface area (Å²) < 4.78 is 0. The average Bonchev–Trinajstić information content (AvgIpc) is 2.92. The molecule has 5 nitrogen and oxygen atoms in total. The quantitative estimate of drug-likeness (QED) is 0.793. The Morgan fingerprint density at radius 1 is 1.32 bits per heavy atom. The fourth-order valence-corrected chi connectivity index (χ4v) is 3.36. The Bertz CT molecular complexity index is 473. The molecule has 0 aromatic carbocycles. The van der Waals surface area contributed by atoms with Crippen LogP contribution in [0.4, 0.5) is 11.8 Å². The van der Waals surface area contributed by atoms with Gasteiger partial charge in [-0.1, -0.05) is 0 Å². The Morgan fingerprint density at radius 3 is 2.79 bits per heavy atom. The Labute approximate surface area is 115 Å². The molecule has 0 aliphatic carbocycles. The summed E-state index contributed by atoms with van der Waals surface area (Å²) >= 11 is 0. The minimum absolute atomic E-state index is 0.688. The first-order valence-corrected chi connectivity index (χ1v) is 7.02. The molecule has 2 fully saturated rings. The number of hydrogen-bond donors (Lipinski definition) is 0. The van der Waals surface area contributed by atoms with Gasteiger partial charge in [0.1, 0.15) is 5.82 Å². The van der Waals surface area contributed by atoms with Crippen LogP contribution in [0.5, 0.6) is 0 Å². The van der Waals surface area contributed by atoms with Gasteiger partial charge in [-0.3, -0.25) is 0 Å². The number of likely N-dealkylation sites (N-methyl/N-ethyl adjacent to an activating group) is 1. The molecule has 19 heavy (non-hydrogen) atoms. The fraction of sp³-hybridized carbons (Fsp3) is 0.714. The SMILES string of the molecule is Cc1cnc(N2CC3CCN(C)C3C2)nc1N(C)C. The molecule has 0 N–H and O–H groups in total. The van der Waals surface area contributed by atoms with E-state index in [-0.39, 0.29) is 0 Å². The second kappa shape index (κ2) is 4.63. The molecule has 1 aromatic rings. The van der Waals surface area contributed by atoms with Crippen molar-refractivity contribution in [3.63, 3.8) is 0 Å². The van der Waals surface area contributed by atoms with Gasteiger partial charge >= 0.3 is 0 Å². The second-order valence-electron chi connectivity index (χ2n) is 6.07. The van der Waals surface area contributed by atoms with Gasteiger partial charge in [0, 0.05) is 45.0 Å². The standard InChI is InChI=1S/C14H23N5/c1-10-7-15-14(16-13(10)17(2)3)19-8-11-5-6-18(4)12(11)9-19/h7,11-12H,5-6,8-9H2,1-4H3. The van der Waals surface area contributed by atoms with Gasteiger partial charge < -0.3 is 14.7 Å². The highest BCUT2D eigenvalue weighted by molar-refractivity contribution is 5.49. The first-order chi connectivity index (χ1) is 9.06. The van der Waals surface area contributed by atoms with Crippen molar-refractivity contribution in [1.82, 2.24) is 14.9 Å². The van der Waals surface area contributed by atoms with Crippen molar-refractivity contribution in [2.75, 3.05) is 50.6 Å². The molecular weight excluding hydrogens is 238 g/mol. The van der Waals surface area contributed by atoms with E-state index in [1.807, 2.05) is 20.3 Å². The third-order valence-electron chi connectivity index (χ3n) is 4.46. The summed E-state index contributed by atoms with van der Waals surface area (Å²) in [7, 11) is 6.30. The van der Waals surface area contributed by atoms with Gasteiger partial charge in [0.25, 0.3) is 0 Å². The van der Waals surface area contributed by atoms with Crippen LogP contribution in [-0.2, 0) is 0 Å². The van der Waals surface area contributed by atoms with E-state index in [9.17, 15) is 0 Å². The van der Waals surface area contributed by atoms with E-state index in [0.29, 0.717) is 6.04 Å². The van der Waals surface area contributed by atoms with Gasteiger partial charge in [0.05, 0.1) is 0 Å². The topological polar surface area (TPSA) is 35.5 Å². The number of nitrogens with zero attached hydrogens (tertiary/aromatic N) is 5. The summed E-state index contributed by atoms with van der Waals surface area (Å²) in [5.41, 5.74) is 1.13. The van der Waals surface area contributed by atoms with Crippen molar-refractivity contribution in [3.8, 4) is 0 Å². The zero-order valence-corrected chi connectivity index (χ0v) is 12.3. The van der Waals surface area contributed by atoms with Gasteiger partial charge in [0.2, 0.25) is 5.95 Å². The molecule has 2 unspecified atom stereocenters. The third-order valence-corrected chi connectivity index (χ3v) is 4.46. The van der Waals surface area contributed by atoms with Crippen LogP contribution >= 0.6 is 0 Å². The summed E-state index contributed by atoms with van der Waals surface area (Å²) in [6.45, 7) is 5.47. The van der Waals surface area contributed by atoms with Gasteiger partial charge in [-0.25, -0.2) is 4.98 Å². The number of likely N-dealkylation sites (tertiary alicyclic amines) is 1. The summed E-state index contributed by atoms with van der Waals surface area (Å²) in [5, 5.41) is 0. The number of rotatable bonds is 2. The molecule has 2 saturated heterocycles. The molecule has 0 saturated carbocycles. The molecule has 0 radical (unpaired) electrons. The molecule has 3 heterocycles. The van der Waals surface area contributed by atoms with Gasteiger partial charge in [-0.05, 0) is 32.9 Å². The number of anilines is 2. The molecule has 2 aliphatic heterocycles. The number of fused-ring (bicyclic) bond motifs is 1. The highest BCUT2D eigenvalue weighted by Gasteiger charge is 2.40. The van der Waals surface area contributed by atoms with Gasteiger partial charge in [0.15, 0.2) is 0 Å². The minimum atomic E-state index is 0.688. The molecule has 2 atom stereocenters. The van der Waals surface area contributed by atoms with Crippen LogP contribution in [-0.4, -0.2) is 61.7 Å². The van der Waals surface area contributed by atoms with Crippen LogP contribution in [0, 0.1) is 12.8 Å². The maximum atomic E-state index is 4.73. The molecule has 1 aromatic heterocycles. The Morgan fingerprint density at radius 2 is 2.11 bits per heavy atom.